The highest BCUT2D eigenvalue weighted by Crippen LogP contribution is 2.56. The lowest BCUT2D eigenvalue weighted by Crippen LogP contribution is -2.46. The number of hydrogen-bond donors (Lipinski definition) is 0. The van der Waals surface area contributed by atoms with Gasteiger partial charge in [0.2, 0.25) is 0 Å². The SMILES string of the molecule is CC.CCCCCC1C2CCc3cc(OC)ccc3C2CCC1(C)C(C)=O. The molecule has 0 spiro atoms. The van der Waals surface area contributed by atoms with Crippen LogP contribution in [0.25, 0.3) is 0 Å². The Labute approximate surface area is 167 Å². The minimum atomic E-state index is -0.112. The standard InChI is InChI=1S/C23H34O2.C2H6/c1-5-6-7-8-22-21-11-9-17-15-18(25-4)10-12-19(17)20(21)13-14-23(22,3)16(2)24;1-2/h10,12,15,20-22H,5-9,11,13-14H2,1-4H3;1-2H3. The number of aryl methyl sites for hydroxylation is 1. The first kappa shape index (κ1) is 22.0. The summed E-state index contributed by atoms with van der Waals surface area (Å²) in [6.07, 6.45) is 9.59. The van der Waals surface area contributed by atoms with Crippen LogP contribution >= 0.6 is 0 Å². The molecule has 1 aromatic rings. The van der Waals surface area contributed by atoms with E-state index < -0.39 is 0 Å². The van der Waals surface area contributed by atoms with Crippen LogP contribution in [0.5, 0.6) is 5.75 Å². The first-order valence-corrected chi connectivity index (χ1v) is 11.2. The zero-order chi connectivity index (χ0) is 20.0. The number of ketones is 1. The summed E-state index contributed by atoms with van der Waals surface area (Å²) in [5.41, 5.74) is 2.89. The monoisotopic (exact) mass is 372 g/mol. The molecule has 0 heterocycles. The number of methoxy groups -OCH3 is 1. The largest absolute Gasteiger partial charge is 0.497 e. The molecule has 3 rings (SSSR count). The Morgan fingerprint density at radius 1 is 1.22 bits per heavy atom. The third kappa shape index (κ3) is 4.41. The Bertz CT molecular complexity index is 621. The predicted octanol–water partition coefficient (Wildman–Crippen LogP) is 6.95. The van der Waals surface area contributed by atoms with Gasteiger partial charge in [0.1, 0.15) is 11.5 Å². The number of rotatable bonds is 6. The van der Waals surface area contributed by atoms with E-state index in [1.165, 1.54) is 43.2 Å². The maximum atomic E-state index is 12.6. The summed E-state index contributed by atoms with van der Waals surface area (Å²) < 4.78 is 5.42. The Balaban J connectivity index is 0.00000126. The zero-order valence-electron chi connectivity index (χ0n) is 18.4. The van der Waals surface area contributed by atoms with Crippen LogP contribution in [0, 0.1) is 17.3 Å². The molecule has 0 bridgehead atoms. The van der Waals surface area contributed by atoms with E-state index in [-0.39, 0.29) is 5.41 Å². The molecule has 27 heavy (non-hydrogen) atoms. The van der Waals surface area contributed by atoms with Gasteiger partial charge in [-0.3, -0.25) is 4.79 Å². The molecular formula is C25H40O2. The summed E-state index contributed by atoms with van der Waals surface area (Å²) in [5, 5.41) is 0. The summed E-state index contributed by atoms with van der Waals surface area (Å²) in [4.78, 5) is 12.6. The molecule has 152 valence electrons. The van der Waals surface area contributed by atoms with E-state index in [2.05, 4.69) is 32.0 Å². The molecule has 1 saturated carbocycles. The topological polar surface area (TPSA) is 26.3 Å². The molecule has 0 amide bonds. The van der Waals surface area contributed by atoms with Crippen LogP contribution < -0.4 is 4.74 Å². The Hall–Kier alpha value is -1.31. The van der Waals surface area contributed by atoms with Gasteiger partial charge in [-0.2, -0.15) is 0 Å². The van der Waals surface area contributed by atoms with Crippen molar-refractivity contribution in [3.63, 3.8) is 0 Å². The van der Waals surface area contributed by atoms with E-state index in [0.29, 0.717) is 23.5 Å². The lowest BCUT2D eigenvalue weighted by atomic mass is 9.52. The summed E-state index contributed by atoms with van der Waals surface area (Å²) in [6.45, 7) is 10.3. The van der Waals surface area contributed by atoms with E-state index >= 15 is 0 Å². The third-order valence-electron chi connectivity index (χ3n) is 7.25. The van der Waals surface area contributed by atoms with Crippen LogP contribution in [-0.4, -0.2) is 12.9 Å². The van der Waals surface area contributed by atoms with Gasteiger partial charge in [0.05, 0.1) is 7.11 Å². The molecule has 1 fully saturated rings. The fourth-order valence-corrected chi connectivity index (χ4v) is 5.59. The maximum Gasteiger partial charge on any atom is 0.135 e. The summed E-state index contributed by atoms with van der Waals surface area (Å²) >= 11 is 0. The van der Waals surface area contributed by atoms with Crippen molar-refractivity contribution >= 4 is 5.78 Å². The second-order valence-electron chi connectivity index (χ2n) is 8.49. The van der Waals surface area contributed by atoms with Gasteiger partial charge in [-0.1, -0.05) is 53.0 Å². The first-order valence-electron chi connectivity index (χ1n) is 11.2. The Morgan fingerprint density at radius 2 is 1.96 bits per heavy atom. The maximum absolute atomic E-state index is 12.6. The number of hydrogen-bond acceptors (Lipinski definition) is 2. The zero-order valence-corrected chi connectivity index (χ0v) is 18.4. The average Bonchev–Trinajstić information content (AvgIpc) is 2.70. The molecule has 2 nitrogen and oxygen atoms in total. The highest BCUT2D eigenvalue weighted by atomic mass is 16.5. The molecule has 1 aromatic carbocycles. The van der Waals surface area contributed by atoms with Crippen molar-refractivity contribution in [3.8, 4) is 5.75 Å². The first-order chi connectivity index (χ1) is 13.0. The van der Waals surface area contributed by atoms with Crippen molar-refractivity contribution in [3.05, 3.63) is 29.3 Å². The summed E-state index contributed by atoms with van der Waals surface area (Å²) in [5.74, 6) is 3.23. The minimum absolute atomic E-state index is 0.112. The van der Waals surface area contributed by atoms with Gasteiger partial charge in [-0.15, -0.1) is 0 Å². The average molecular weight is 373 g/mol. The van der Waals surface area contributed by atoms with E-state index in [0.717, 1.165) is 25.0 Å². The van der Waals surface area contributed by atoms with Crippen LogP contribution in [0.1, 0.15) is 96.6 Å². The minimum Gasteiger partial charge on any atom is -0.497 e. The van der Waals surface area contributed by atoms with E-state index in [9.17, 15) is 4.79 Å². The fraction of sp³-hybridized carbons (Fsp3) is 0.720. The Kier molecular flexibility index (Phi) is 7.94. The molecule has 0 aliphatic heterocycles. The van der Waals surface area contributed by atoms with E-state index in [1.54, 1.807) is 7.11 Å². The van der Waals surface area contributed by atoms with Crippen molar-refractivity contribution in [2.24, 2.45) is 17.3 Å². The van der Waals surface area contributed by atoms with Crippen LogP contribution in [0.3, 0.4) is 0 Å². The van der Waals surface area contributed by atoms with Gasteiger partial charge in [0.15, 0.2) is 0 Å². The highest BCUT2D eigenvalue weighted by Gasteiger charge is 2.49. The van der Waals surface area contributed by atoms with Crippen LogP contribution in [0.15, 0.2) is 18.2 Å². The highest BCUT2D eigenvalue weighted by molar-refractivity contribution is 5.82. The number of fused-ring (bicyclic) bond motifs is 3. The third-order valence-corrected chi connectivity index (χ3v) is 7.25. The van der Waals surface area contributed by atoms with E-state index in [4.69, 9.17) is 4.74 Å². The van der Waals surface area contributed by atoms with Gasteiger partial charge in [0, 0.05) is 5.41 Å². The fourth-order valence-electron chi connectivity index (χ4n) is 5.59. The smallest absolute Gasteiger partial charge is 0.135 e. The number of unbranched alkanes of at least 4 members (excludes halogenated alkanes) is 2. The van der Waals surface area contributed by atoms with Crippen LogP contribution in [-0.2, 0) is 11.2 Å². The second-order valence-corrected chi connectivity index (χ2v) is 8.49. The molecule has 0 radical (unpaired) electrons. The van der Waals surface area contributed by atoms with Crippen LogP contribution in [0.2, 0.25) is 0 Å². The number of benzene rings is 1. The second kappa shape index (κ2) is 9.75. The summed E-state index contributed by atoms with van der Waals surface area (Å²) in [6, 6.07) is 6.65. The van der Waals surface area contributed by atoms with Crippen molar-refractivity contribution in [2.75, 3.05) is 7.11 Å². The number of Topliss-reactive ketones (excluding diaryl/α,β-unsaturated/α-hetero) is 1. The lowest BCUT2D eigenvalue weighted by molar-refractivity contribution is -0.134. The van der Waals surface area contributed by atoms with Crippen LogP contribution in [0.4, 0.5) is 0 Å². The van der Waals surface area contributed by atoms with Crippen molar-refractivity contribution in [2.45, 2.75) is 91.9 Å². The molecule has 4 unspecified atom stereocenters. The molecule has 4 atom stereocenters. The quantitative estimate of drug-likeness (QED) is 0.505. The van der Waals surface area contributed by atoms with E-state index in [1.807, 2.05) is 20.8 Å². The van der Waals surface area contributed by atoms with Crippen molar-refractivity contribution in [1.82, 2.24) is 0 Å². The van der Waals surface area contributed by atoms with Crippen molar-refractivity contribution in [1.29, 1.82) is 0 Å². The Morgan fingerprint density at radius 3 is 2.59 bits per heavy atom. The summed E-state index contributed by atoms with van der Waals surface area (Å²) in [7, 11) is 1.75. The molecule has 2 heteroatoms. The van der Waals surface area contributed by atoms with Gasteiger partial charge in [0.25, 0.3) is 0 Å². The van der Waals surface area contributed by atoms with Gasteiger partial charge in [-0.05, 0) is 80.0 Å². The number of ether oxygens (including phenoxy) is 1. The molecule has 2 aliphatic rings. The van der Waals surface area contributed by atoms with Gasteiger partial charge >= 0.3 is 0 Å². The van der Waals surface area contributed by atoms with Crippen molar-refractivity contribution < 1.29 is 9.53 Å². The number of carbonyl (C=O) groups excluding carboxylic acids is 1. The molecule has 0 aromatic heterocycles. The lowest BCUT2D eigenvalue weighted by Gasteiger charge is -2.51. The molecular weight excluding hydrogens is 332 g/mol. The van der Waals surface area contributed by atoms with Gasteiger partial charge < -0.3 is 4.74 Å². The number of carbonyl (C=O) groups is 1. The normalized spacial score (nSPS) is 29.0. The predicted molar refractivity (Wildman–Crippen MR) is 115 cm³/mol. The van der Waals surface area contributed by atoms with Gasteiger partial charge in [-0.25, -0.2) is 0 Å². The molecule has 2 aliphatic carbocycles. The molecule has 0 saturated heterocycles. The molecule has 0 N–H and O–H groups in total.